The Morgan fingerprint density at radius 3 is 2.79 bits per heavy atom. The van der Waals surface area contributed by atoms with Gasteiger partial charge >= 0.3 is 0 Å². The number of hydrogen-bond donors (Lipinski definition) is 0. The molecule has 14 heavy (non-hydrogen) atoms. The minimum atomic E-state index is -0.397. The first-order valence-corrected chi connectivity index (χ1v) is 5.16. The summed E-state index contributed by atoms with van der Waals surface area (Å²) in [6.45, 7) is 0. The van der Waals surface area contributed by atoms with Gasteiger partial charge in [0.25, 0.3) is 5.56 Å². The molecule has 0 N–H and O–H groups in total. The molecule has 1 aliphatic rings. The van der Waals surface area contributed by atoms with E-state index in [1.54, 1.807) is 19.3 Å². The van der Waals surface area contributed by atoms with E-state index in [9.17, 15) is 4.79 Å². The third kappa shape index (κ3) is 1.28. The van der Waals surface area contributed by atoms with E-state index >= 15 is 0 Å². The fraction of sp³-hybridized carbons (Fsp3) is 0.400. The van der Waals surface area contributed by atoms with E-state index in [4.69, 9.17) is 5.26 Å². The molecule has 1 aromatic rings. The lowest BCUT2D eigenvalue weighted by atomic mass is 9.99. The minimum Gasteiger partial charge on any atom is -0.317 e. The van der Waals surface area contributed by atoms with Gasteiger partial charge in [-0.15, -0.1) is 0 Å². The van der Waals surface area contributed by atoms with Crippen LogP contribution in [0.4, 0.5) is 0 Å². The fourth-order valence-electron chi connectivity index (χ4n) is 1.53. The molecule has 1 heterocycles. The Bertz CT molecular complexity index is 480. The zero-order valence-corrected chi connectivity index (χ0v) is 9.34. The highest BCUT2D eigenvalue weighted by Gasteiger charge is 2.46. The lowest BCUT2D eigenvalue weighted by molar-refractivity contribution is 0.817. The molecule has 4 heteroatoms. The minimum absolute atomic E-state index is 0.0651. The van der Waals surface area contributed by atoms with Crippen LogP contribution >= 0.6 is 15.9 Å². The Labute approximate surface area is 90.1 Å². The van der Waals surface area contributed by atoms with Gasteiger partial charge in [0, 0.05) is 23.8 Å². The van der Waals surface area contributed by atoms with E-state index < -0.39 is 5.41 Å². The van der Waals surface area contributed by atoms with E-state index in [0.717, 1.165) is 22.9 Å². The normalized spacial score (nSPS) is 17.5. The summed E-state index contributed by atoms with van der Waals surface area (Å²) in [5.41, 5.74) is 0.375. The number of nitriles is 1. The lowest BCUT2D eigenvalue weighted by Crippen LogP contribution is -2.19. The molecule has 0 radical (unpaired) electrons. The molecule has 72 valence electrons. The number of aryl methyl sites for hydroxylation is 1. The van der Waals surface area contributed by atoms with E-state index in [2.05, 4.69) is 22.0 Å². The zero-order chi connectivity index (χ0) is 10.3. The van der Waals surface area contributed by atoms with Gasteiger partial charge in [-0.05, 0) is 34.3 Å². The molecular weight excluding hydrogens is 244 g/mol. The number of nitrogens with zero attached hydrogens (tertiary/aromatic N) is 2. The molecule has 1 saturated carbocycles. The molecular formula is C10H9BrN2O. The Morgan fingerprint density at radius 1 is 1.64 bits per heavy atom. The van der Waals surface area contributed by atoms with Crippen molar-refractivity contribution in [3.8, 4) is 6.07 Å². The molecule has 0 saturated heterocycles. The van der Waals surface area contributed by atoms with Gasteiger partial charge in [-0.3, -0.25) is 4.79 Å². The molecule has 0 aromatic carbocycles. The molecule has 1 aromatic heterocycles. The first kappa shape index (κ1) is 9.47. The van der Waals surface area contributed by atoms with Crippen LogP contribution in [0.2, 0.25) is 0 Å². The Balaban J connectivity index is 2.61. The first-order chi connectivity index (χ1) is 6.59. The quantitative estimate of drug-likeness (QED) is 0.764. The highest BCUT2D eigenvalue weighted by molar-refractivity contribution is 9.10. The van der Waals surface area contributed by atoms with Crippen molar-refractivity contribution in [2.24, 2.45) is 7.05 Å². The van der Waals surface area contributed by atoms with Gasteiger partial charge in [-0.25, -0.2) is 0 Å². The van der Waals surface area contributed by atoms with Crippen LogP contribution in [0.1, 0.15) is 18.4 Å². The fourth-order valence-corrected chi connectivity index (χ4v) is 2.33. The van der Waals surface area contributed by atoms with E-state index in [0.29, 0.717) is 0 Å². The van der Waals surface area contributed by atoms with Crippen LogP contribution in [0.15, 0.2) is 21.5 Å². The van der Waals surface area contributed by atoms with E-state index in [-0.39, 0.29) is 5.56 Å². The van der Waals surface area contributed by atoms with Crippen molar-refractivity contribution in [3.63, 3.8) is 0 Å². The SMILES string of the molecule is Cn1cc(Br)c(C2(C#N)CC2)cc1=O. The summed E-state index contributed by atoms with van der Waals surface area (Å²) in [5.74, 6) is 0. The van der Waals surface area contributed by atoms with Crippen molar-refractivity contribution >= 4 is 15.9 Å². The Kier molecular flexibility index (Phi) is 2.00. The van der Waals surface area contributed by atoms with Crippen molar-refractivity contribution in [3.05, 3.63) is 32.7 Å². The van der Waals surface area contributed by atoms with Gasteiger partial charge in [-0.1, -0.05) is 0 Å². The van der Waals surface area contributed by atoms with Gasteiger partial charge < -0.3 is 4.57 Å². The van der Waals surface area contributed by atoms with Gasteiger partial charge in [0.1, 0.15) is 0 Å². The number of halogens is 1. The zero-order valence-electron chi connectivity index (χ0n) is 7.75. The predicted octanol–water partition coefficient (Wildman–Crippen LogP) is 1.70. The van der Waals surface area contributed by atoms with Gasteiger partial charge in [-0.2, -0.15) is 5.26 Å². The molecule has 0 spiro atoms. The molecule has 3 nitrogen and oxygen atoms in total. The molecule has 2 rings (SSSR count). The monoisotopic (exact) mass is 252 g/mol. The topological polar surface area (TPSA) is 45.8 Å². The molecule has 1 fully saturated rings. The molecule has 0 atom stereocenters. The van der Waals surface area contributed by atoms with Crippen LogP contribution in [0.25, 0.3) is 0 Å². The maximum absolute atomic E-state index is 11.4. The van der Waals surface area contributed by atoms with Crippen molar-refractivity contribution < 1.29 is 0 Å². The highest BCUT2D eigenvalue weighted by atomic mass is 79.9. The second kappa shape index (κ2) is 2.96. The van der Waals surface area contributed by atoms with E-state index in [1.165, 1.54) is 4.57 Å². The maximum atomic E-state index is 11.4. The molecule has 0 unspecified atom stereocenters. The summed E-state index contributed by atoms with van der Waals surface area (Å²) in [6, 6.07) is 3.83. The van der Waals surface area contributed by atoms with Crippen LogP contribution in [-0.4, -0.2) is 4.57 Å². The van der Waals surface area contributed by atoms with Crippen LogP contribution in [0, 0.1) is 11.3 Å². The van der Waals surface area contributed by atoms with Crippen molar-refractivity contribution in [2.75, 3.05) is 0 Å². The summed E-state index contributed by atoms with van der Waals surface area (Å²) in [5, 5.41) is 9.01. The number of hydrogen-bond acceptors (Lipinski definition) is 2. The Morgan fingerprint density at radius 2 is 2.29 bits per heavy atom. The summed E-state index contributed by atoms with van der Waals surface area (Å²) >= 11 is 3.39. The third-order valence-electron chi connectivity index (χ3n) is 2.66. The van der Waals surface area contributed by atoms with Crippen LogP contribution < -0.4 is 5.56 Å². The standard InChI is InChI=1S/C10H9BrN2O/c1-13-5-8(11)7(4-9(13)14)10(6-12)2-3-10/h4-5H,2-3H2,1H3. The summed E-state index contributed by atoms with van der Waals surface area (Å²) in [7, 11) is 1.70. The van der Waals surface area contributed by atoms with Crippen molar-refractivity contribution in [1.82, 2.24) is 4.57 Å². The van der Waals surface area contributed by atoms with Gasteiger partial charge in [0.05, 0.1) is 11.5 Å². The molecule has 0 aliphatic heterocycles. The van der Waals surface area contributed by atoms with Gasteiger partial charge in [0.2, 0.25) is 0 Å². The van der Waals surface area contributed by atoms with Crippen LogP contribution in [-0.2, 0) is 12.5 Å². The second-order valence-electron chi connectivity index (χ2n) is 3.68. The second-order valence-corrected chi connectivity index (χ2v) is 4.53. The van der Waals surface area contributed by atoms with E-state index in [1.807, 2.05) is 0 Å². The van der Waals surface area contributed by atoms with Crippen molar-refractivity contribution in [2.45, 2.75) is 18.3 Å². The number of rotatable bonds is 1. The number of aromatic nitrogens is 1. The van der Waals surface area contributed by atoms with Gasteiger partial charge in [0.15, 0.2) is 0 Å². The van der Waals surface area contributed by atoms with Crippen LogP contribution in [0.3, 0.4) is 0 Å². The van der Waals surface area contributed by atoms with Crippen molar-refractivity contribution in [1.29, 1.82) is 5.26 Å². The predicted molar refractivity (Wildman–Crippen MR) is 55.9 cm³/mol. The molecule has 0 amide bonds. The average Bonchev–Trinajstić information content (AvgIpc) is 2.92. The molecule has 0 bridgehead atoms. The summed E-state index contributed by atoms with van der Waals surface area (Å²) < 4.78 is 2.35. The maximum Gasteiger partial charge on any atom is 0.250 e. The highest BCUT2D eigenvalue weighted by Crippen LogP contribution is 2.49. The van der Waals surface area contributed by atoms with Crippen LogP contribution in [0.5, 0.6) is 0 Å². The Hall–Kier alpha value is -1.08. The lowest BCUT2D eigenvalue weighted by Gasteiger charge is -2.09. The summed E-state index contributed by atoms with van der Waals surface area (Å²) in [4.78, 5) is 11.4. The third-order valence-corrected chi connectivity index (χ3v) is 3.29. The first-order valence-electron chi connectivity index (χ1n) is 4.37. The smallest absolute Gasteiger partial charge is 0.250 e. The summed E-state index contributed by atoms with van der Waals surface area (Å²) in [6.07, 6.45) is 3.43. The average molecular weight is 253 g/mol. The largest absolute Gasteiger partial charge is 0.317 e. The molecule has 1 aliphatic carbocycles. The number of pyridine rings is 1.